The van der Waals surface area contributed by atoms with E-state index in [1.807, 2.05) is 42.5 Å². The van der Waals surface area contributed by atoms with Crippen LogP contribution in [0.5, 0.6) is 5.75 Å². The van der Waals surface area contributed by atoms with Gasteiger partial charge in [-0.1, -0.05) is 30.3 Å². The van der Waals surface area contributed by atoms with Crippen LogP contribution >= 0.6 is 0 Å². The lowest BCUT2D eigenvalue weighted by molar-refractivity contribution is -0.124. The van der Waals surface area contributed by atoms with Crippen molar-refractivity contribution in [1.82, 2.24) is 15.1 Å². The number of esters is 1. The molecule has 1 heterocycles. The fourth-order valence-electron chi connectivity index (χ4n) is 2.91. The van der Waals surface area contributed by atoms with Crippen LogP contribution in [0.4, 0.5) is 0 Å². The summed E-state index contributed by atoms with van der Waals surface area (Å²) >= 11 is 0. The topological polar surface area (TPSA) is 99.5 Å². The van der Waals surface area contributed by atoms with Gasteiger partial charge < -0.3 is 14.8 Å². The monoisotopic (exact) mass is 421 g/mol. The average molecular weight is 421 g/mol. The lowest BCUT2D eigenvalue weighted by Crippen LogP contribution is -2.32. The molecule has 2 aromatic carbocycles. The van der Waals surface area contributed by atoms with Gasteiger partial charge >= 0.3 is 5.97 Å². The lowest BCUT2D eigenvalue weighted by Gasteiger charge is -2.11. The normalized spacial score (nSPS) is 10.4. The third-order valence-corrected chi connectivity index (χ3v) is 4.53. The molecule has 0 unspecified atom stereocenters. The summed E-state index contributed by atoms with van der Waals surface area (Å²) in [5.41, 5.74) is 1.37. The van der Waals surface area contributed by atoms with Crippen LogP contribution in [0, 0.1) is 6.92 Å². The van der Waals surface area contributed by atoms with Crippen LogP contribution in [0.15, 0.2) is 65.5 Å². The Labute approximate surface area is 179 Å². The molecule has 0 aliphatic carbocycles. The van der Waals surface area contributed by atoms with Crippen molar-refractivity contribution in [3.8, 4) is 11.4 Å². The summed E-state index contributed by atoms with van der Waals surface area (Å²) in [5, 5.41) is 6.80. The number of ether oxygens (including phenoxy) is 2. The second kappa shape index (κ2) is 10.2. The van der Waals surface area contributed by atoms with Crippen molar-refractivity contribution >= 4 is 11.9 Å². The Morgan fingerprint density at radius 2 is 1.77 bits per heavy atom. The molecule has 0 fully saturated rings. The number of nitrogens with zero attached hydrogens (tertiary/aromatic N) is 2. The van der Waals surface area contributed by atoms with E-state index >= 15 is 0 Å². The largest absolute Gasteiger partial charge is 0.497 e. The number of methoxy groups -OCH3 is 1. The van der Waals surface area contributed by atoms with Gasteiger partial charge in [0.05, 0.1) is 12.8 Å². The molecular formula is C23H23N3O5. The second-order valence-electron chi connectivity index (χ2n) is 6.77. The zero-order valence-electron chi connectivity index (χ0n) is 17.3. The summed E-state index contributed by atoms with van der Waals surface area (Å²) in [6.45, 7) is 1.60. The molecule has 160 valence electrons. The summed E-state index contributed by atoms with van der Waals surface area (Å²) in [6, 6.07) is 17.9. The first-order valence-corrected chi connectivity index (χ1v) is 9.71. The number of para-hydroxylation sites is 1. The van der Waals surface area contributed by atoms with Gasteiger partial charge in [0.1, 0.15) is 5.75 Å². The zero-order chi connectivity index (χ0) is 22.2. The molecule has 3 aromatic rings. The van der Waals surface area contributed by atoms with E-state index in [9.17, 15) is 14.4 Å². The highest BCUT2D eigenvalue weighted by atomic mass is 16.5. The van der Waals surface area contributed by atoms with Crippen molar-refractivity contribution in [3.63, 3.8) is 0 Å². The Morgan fingerprint density at radius 3 is 2.45 bits per heavy atom. The molecule has 0 aliphatic rings. The van der Waals surface area contributed by atoms with Crippen LogP contribution in [-0.4, -0.2) is 41.9 Å². The molecule has 0 atom stereocenters. The van der Waals surface area contributed by atoms with E-state index in [4.69, 9.17) is 9.47 Å². The Bertz CT molecular complexity index is 1110. The summed E-state index contributed by atoms with van der Waals surface area (Å²) in [4.78, 5) is 36.5. The molecule has 0 aliphatic heterocycles. The first kappa shape index (κ1) is 21.8. The number of carbonyl (C=O) groups is 2. The van der Waals surface area contributed by atoms with Gasteiger partial charge in [-0.15, -0.1) is 0 Å². The predicted octanol–water partition coefficient (Wildman–Crippen LogP) is 2.07. The molecule has 0 bridgehead atoms. The van der Waals surface area contributed by atoms with Gasteiger partial charge in [-0.3, -0.25) is 9.59 Å². The Morgan fingerprint density at radius 1 is 1.06 bits per heavy atom. The first-order chi connectivity index (χ1) is 15.0. The highest BCUT2D eigenvalue weighted by molar-refractivity contribution is 5.89. The van der Waals surface area contributed by atoms with Crippen molar-refractivity contribution in [2.45, 2.75) is 13.3 Å². The maximum absolute atomic E-state index is 12.3. The number of rotatable bonds is 8. The molecule has 0 spiro atoms. The van der Waals surface area contributed by atoms with Crippen LogP contribution in [-0.2, 0) is 16.0 Å². The number of hydrogen-bond acceptors (Lipinski definition) is 6. The summed E-state index contributed by atoms with van der Waals surface area (Å²) in [6.07, 6.45) is 0.616. The number of hydrogen-bond donors (Lipinski definition) is 1. The number of aromatic nitrogens is 2. The van der Waals surface area contributed by atoms with Crippen molar-refractivity contribution in [1.29, 1.82) is 0 Å². The van der Waals surface area contributed by atoms with E-state index < -0.39 is 23.9 Å². The van der Waals surface area contributed by atoms with Gasteiger partial charge in [-0.25, -0.2) is 9.48 Å². The smallest absolute Gasteiger partial charge is 0.363 e. The molecule has 0 saturated heterocycles. The van der Waals surface area contributed by atoms with E-state index in [0.717, 1.165) is 11.3 Å². The molecule has 1 amide bonds. The molecular weight excluding hydrogens is 398 g/mol. The van der Waals surface area contributed by atoms with E-state index in [1.165, 1.54) is 10.7 Å². The molecule has 1 N–H and O–H groups in total. The minimum absolute atomic E-state index is 0.375. The molecule has 1 aromatic heterocycles. The van der Waals surface area contributed by atoms with E-state index in [0.29, 0.717) is 24.3 Å². The van der Waals surface area contributed by atoms with E-state index in [1.54, 1.807) is 26.2 Å². The van der Waals surface area contributed by atoms with Crippen molar-refractivity contribution in [2.75, 3.05) is 20.3 Å². The SMILES string of the molecule is COc1ccc(CCNC(=O)COC(=O)c2nn(-c3ccccc3)c(C)cc2=O)cc1. The van der Waals surface area contributed by atoms with Gasteiger partial charge in [0, 0.05) is 18.3 Å². The molecule has 8 nitrogen and oxygen atoms in total. The number of amides is 1. The molecule has 31 heavy (non-hydrogen) atoms. The van der Waals surface area contributed by atoms with Crippen LogP contribution < -0.4 is 15.5 Å². The number of carbonyl (C=O) groups excluding carboxylic acids is 2. The quantitative estimate of drug-likeness (QED) is 0.559. The average Bonchev–Trinajstić information content (AvgIpc) is 2.78. The van der Waals surface area contributed by atoms with Crippen molar-refractivity contribution < 1.29 is 19.1 Å². The highest BCUT2D eigenvalue weighted by Gasteiger charge is 2.18. The van der Waals surface area contributed by atoms with Gasteiger partial charge in [0.25, 0.3) is 5.91 Å². The minimum atomic E-state index is -0.944. The van der Waals surface area contributed by atoms with Gasteiger partial charge in [-0.2, -0.15) is 5.10 Å². The lowest BCUT2D eigenvalue weighted by atomic mass is 10.1. The zero-order valence-corrected chi connectivity index (χ0v) is 17.3. The summed E-state index contributed by atoms with van der Waals surface area (Å²) in [7, 11) is 1.60. The highest BCUT2D eigenvalue weighted by Crippen LogP contribution is 2.11. The Kier molecular flexibility index (Phi) is 7.16. The standard InChI is InChI=1S/C23H23N3O5/c1-16-14-20(27)22(25-26(16)18-6-4-3-5-7-18)23(29)31-15-21(28)24-13-12-17-8-10-19(30-2)11-9-17/h3-11,14H,12-13,15H2,1-2H3,(H,24,28). The van der Waals surface area contributed by atoms with Crippen molar-refractivity contribution in [2.24, 2.45) is 0 Å². The Hall–Kier alpha value is -3.94. The van der Waals surface area contributed by atoms with Crippen LogP contribution in [0.1, 0.15) is 21.7 Å². The second-order valence-corrected chi connectivity index (χ2v) is 6.77. The number of aryl methyl sites for hydroxylation is 1. The van der Waals surface area contributed by atoms with Gasteiger partial charge in [0.2, 0.25) is 11.1 Å². The van der Waals surface area contributed by atoms with Crippen LogP contribution in [0.25, 0.3) is 5.69 Å². The number of nitrogens with one attached hydrogen (secondary N) is 1. The Balaban J connectivity index is 1.55. The fourth-order valence-corrected chi connectivity index (χ4v) is 2.91. The van der Waals surface area contributed by atoms with Gasteiger partial charge in [0.15, 0.2) is 6.61 Å². The molecule has 3 rings (SSSR count). The van der Waals surface area contributed by atoms with E-state index in [-0.39, 0.29) is 5.69 Å². The van der Waals surface area contributed by atoms with E-state index in [2.05, 4.69) is 10.4 Å². The first-order valence-electron chi connectivity index (χ1n) is 9.71. The van der Waals surface area contributed by atoms with Crippen molar-refractivity contribution in [3.05, 3.63) is 87.8 Å². The third-order valence-electron chi connectivity index (χ3n) is 4.53. The summed E-state index contributed by atoms with van der Waals surface area (Å²) < 4.78 is 11.6. The molecule has 0 radical (unpaired) electrons. The molecule has 0 saturated carbocycles. The third kappa shape index (κ3) is 5.79. The van der Waals surface area contributed by atoms with Gasteiger partial charge in [-0.05, 0) is 43.2 Å². The maximum Gasteiger partial charge on any atom is 0.363 e. The minimum Gasteiger partial charge on any atom is -0.497 e. The fraction of sp³-hybridized carbons (Fsp3) is 0.217. The summed E-state index contributed by atoms with van der Waals surface area (Å²) in [5.74, 6) is -0.645. The number of benzene rings is 2. The van der Waals surface area contributed by atoms with Crippen LogP contribution in [0.3, 0.4) is 0 Å². The van der Waals surface area contributed by atoms with Crippen LogP contribution in [0.2, 0.25) is 0 Å². The maximum atomic E-state index is 12.3. The molecule has 8 heteroatoms. The predicted molar refractivity (Wildman–Crippen MR) is 115 cm³/mol.